The van der Waals surface area contributed by atoms with Crippen molar-refractivity contribution in [2.45, 2.75) is 6.23 Å². The van der Waals surface area contributed by atoms with Crippen LogP contribution in [0.1, 0.15) is 11.8 Å². The predicted octanol–water partition coefficient (Wildman–Crippen LogP) is 0.635. The lowest BCUT2D eigenvalue weighted by Gasteiger charge is -2.07. The molecule has 68 valence electrons. The SMILES string of the molecule is O=C1NNC(c2cccc(O)c2)O1. The van der Waals surface area contributed by atoms with E-state index in [0.717, 1.165) is 0 Å². The summed E-state index contributed by atoms with van der Waals surface area (Å²) in [7, 11) is 0. The van der Waals surface area contributed by atoms with Crippen LogP contribution in [0.4, 0.5) is 4.79 Å². The first-order valence-corrected chi connectivity index (χ1v) is 3.77. The first kappa shape index (κ1) is 7.88. The molecular weight excluding hydrogens is 172 g/mol. The number of rotatable bonds is 1. The van der Waals surface area contributed by atoms with Crippen LogP contribution in [-0.2, 0) is 4.74 Å². The third-order valence-corrected chi connectivity index (χ3v) is 1.70. The number of hydrogen-bond donors (Lipinski definition) is 3. The van der Waals surface area contributed by atoms with Crippen LogP contribution < -0.4 is 10.9 Å². The van der Waals surface area contributed by atoms with Gasteiger partial charge in [0.2, 0.25) is 0 Å². The Morgan fingerprint density at radius 3 is 2.92 bits per heavy atom. The average molecular weight is 180 g/mol. The Balaban J connectivity index is 2.21. The van der Waals surface area contributed by atoms with Crippen LogP contribution in [0.2, 0.25) is 0 Å². The molecule has 1 atom stereocenters. The number of amides is 1. The molecule has 1 amide bonds. The van der Waals surface area contributed by atoms with Gasteiger partial charge in [0.1, 0.15) is 5.75 Å². The predicted molar refractivity (Wildman–Crippen MR) is 43.6 cm³/mol. The molecule has 5 heteroatoms. The first-order chi connectivity index (χ1) is 6.25. The van der Waals surface area contributed by atoms with E-state index in [1.54, 1.807) is 18.2 Å². The molecule has 13 heavy (non-hydrogen) atoms. The van der Waals surface area contributed by atoms with Crippen LogP contribution in [0.3, 0.4) is 0 Å². The summed E-state index contributed by atoms with van der Waals surface area (Å²) in [6, 6.07) is 6.50. The number of hydrazine groups is 1. The Kier molecular flexibility index (Phi) is 1.79. The van der Waals surface area contributed by atoms with Gasteiger partial charge in [-0.3, -0.25) is 5.43 Å². The number of nitrogens with one attached hydrogen (secondary N) is 2. The topological polar surface area (TPSA) is 70.6 Å². The highest BCUT2D eigenvalue weighted by Crippen LogP contribution is 2.20. The molecule has 5 nitrogen and oxygen atoms in total. The fraction of sp³-hybridized carbons (Fsp3) is 0.125. The Morgan fingerprint density at radius 1 is 1.46 bits per heavy atom. The minimum atomic E-state index is -0.528. The highest BCUT2D eigenvalue weighted by molar-refractivity contribution is 5.68. The van der Waals surface area contributed by atoms with Crippen molar-refractivity contribution in [3.63, 3.8) is 0 Å². The molecule has 3 N–H and O–H groups in total. The smallest absolute Gasteiger partial charge is 0.423 e. The average Bonchev–Trinajstić information content (AvgIpc) is 2.52. The number of aromatic hydroxyl groups is 1. The van der Waals surface area contributed by atoms with Crippen LogP contribution in [0.5, 0.6) is 5.75 Å². The Morgan fingerprint density at radius 2 is 2.31 bits per heavy atom. The number of phenolic OH excluding ortho intramolecular Hbond substituents is 1. The van der Waals surface area contributed by atoms with Crippen molar-refractivity contribution in [1.29, 1.82) is 0 Å². The van der Waals surface area contributed by atoms with Crippen molar-refractivity contribution >= 4 is 6.09 Å². The van der Waals surface area contributed by atoms with E-state index in [4.69, 9.17) is 9.84 Å². The van der Waals surface area contributed by atoms with Crippen LogP contribution in [0, 0.1) is 0 Å². The summed E-state index contributed by atoms with van der Waals surface area (Å²) in [5, 5.41) is 9.15. The van der Waals surface area contributed by atoms with E-state index in [1.807, 2.05) is 0 Å². The lowest BCUT2D eigenvalue weighted by Crippen LogP contribution is -2.26. The molecule has 1 aromatic carbocycles. The summed E-state index contributed by atoms with van der Waals surface area (Å²) >= 11 is 0. The lowest BCUT2D eigenvalue weighted by atomic mass is 10.2. The highest BCUT2D eigenvalue weighted by atomic mass is 16.6. The van der Waals surface area contributed by atoms with Crippen LogP contribution in [0.25, 0.3) is 0 Å². The number of carbonyl (C=O) groups is 1. The number of hydrogen-bond acceptors (Lipinski definition) is 4. The quantitative estimate of drug-likeness (QED) is 0.593. The number of benzene rings is 1. The number of phenols is 1. The van der Waals surface area contributed by atoms with Crippen LogP contribution in [-0.4, -0.2) is 11.2 Å². The van der Waals surface area contributed by atoms with Crippen molar-refractivity contribution in [3.8, 4) is 5.75 Å². The minimum absolute atomic E-state index is 0.141. The Bertz CT molecular complexity index is 340. The summed E-state index contributed by atoms with van der Waals surface area (Å²) in [6.07, 6.45) is -1.05. The molecule has 0 aromatic heterocycles. The van der Waals surface area contributed by atoms with Gasteiger partial charge < -0.3 is 9.84 Å². The van der Waals surface area contributed by atoms with Gasteiger partial charge >= 0.3 is 6.09 Å². The molecule has 0 spiro atoms. The number of carbonyl (C=O) groups excluding carboxylic acids is 1. The molecule has 0 saturated carbocycles. The molecule has 1 aliphatic rings. The van der Waals surface area contributed by atoms with Crippen LogP contribution >= 0.6 is 0 Å². The van der Waals surface area contributed by atoms with E-state index >= 15 is 0 Å². The number of cyclic esters (lactones) is 1. The van der Waals surface area contributed by atoms with Crippen molar-refractivity contribution < 1.29 is 14.6 Å². The van der Waals surface area contributed by atoms with E-state index in [1.165, 1.54) is 6.07 Å². The zero-order chi connectivity index (χ0) is 9.26. The molecule has 1 fully saturated rings. The maximum atomic E-state index is 10.7. The third kappa shape index (κ3) is 1.54. The summed E-state index contributed by atoms with van der Waals surface area (Å²) in [4.78, 5) is 10.7. The molecule has 1 saturated heterocycles. The normalized spacial score (nSPS) is 20.9. The maximum Gasteiger partial charge on any atom is 0.423 e. The minimum Gasteiger partial charge on any atom is -0.508 e. The maximum absolute atomic E-state index is 10.7. The van der Waals surface area contributed by atoms with Gasteiger partial charge in [0, 0.05) is 5.56 Å². The van der Waals surface area contributed by atoms with Gasteiger partial charge in [0.15, 0.2) is 6.23 Å². The molecular formula is C8H8N2O3. The second-order valence-electron chi connectivity index (χ2n) is 2.65. The number of ether oxygens (including phenoxy) is 1. The second kappa shape index (κ2) is 2.95. The van der Waals surface area contributed by atoms with Gasteiger partial charge in [-0.05, 0) is 12.1 Å². The Labute approximate surface area is 74.3 Å². The zero-order valence-corrected chi connectivity index (χ0v) is 6.65. The van der Waals surface area contributed by atoms with Crippen molar-refractivity contribution in [2.75, 3.05) is 0 Å². The first-order valence-electron chi connectivity index (χ1n) is 3.77. The molecule has 0 radical (unpaired) electrons. The van der Waals surface area contributed by atoms with Crippen molar-refractivity contribution in [3.05, 3.63) is 29.8 Å². The third-order valence-electron chi connectivity index (χ3n) is 1.70. The molecule has 1 aromatic rings. The summed E-state index contributed by atoms with van der Waals surface area (Å²) in [5.41, 5.74) is 5.60. The van der Waals surface area contributed by atoms with E-state index < -0.39 is 12.3 Å². The van der Waals surface area contributed by atoms with Gasteiger partial charge in [-0.25, -0.2) is 4.79 Å². The Hall–Kier alpha value is -1.75. The van der Waals surface area contributed by atoms with Gasteiger partial charge in [-0.15, -0.1) is 0 Å². The zero-order valence-electron chi connectivity index (χ0n) is 6.65. The van der Waals surface area contributed by atoms with E-state index in [-0.39, 0.29) is 5.75 Å². The van der Waals surface area contributed by atoms with Gasteiger partial charge in [0.25, 0.3) is 0 Å². The van der Waals surface area contributed by atoms with E-state index in [9.17, 15) is 4.79 Å². The molecule has 0 aliphatic carbocycles. The van der Waals surface area contributed by atoms with Crippen molar-refractivity contribution in [2.24, 2.45) is 0 Å². The molecule has 1 aliphatic heterocycles. The summed E-state index contributed by atoms with van der Waals surface area (Å²) < 4.78 is 4.83. The fourth-order valence-electron chi connectivity index (χ4n) is 1.13. The molecule has 1 heterocycles. The molecule has 0 bridgehead atoms. The van der Waals surface area contributed by atoms with E-state index in [0.29, 0.717) is 5.56 Å². The van der Waals surface area contributed by atoms with Gasteiger partial charge in [-0.2, -0.15) is 5.43 Å². The largest absolute Gasteiger partial charge is 0.508 e. The summed E-state index contributed by atoms with van der Waals surface area (Å²) in [5.74, 6) is 0.141. The molecule has 1 unspecified atom stereocenters. The standard InChI is InChI=1S/C8H8N2O3/c11-6-3-1-2-5(4-6)7-9-10-8(12)13-7/h1-4,7,9,11H,(H,10,12). The van der Waals surface area contributed by atoms with Crippen molar-refractivity contribution in [1.82, 2.24) is 10.9 Å². The monoisotopic (exact) mass is 180 g/mol. The second-order valence-corrected chi connectivity index (χ2v) is 2.65. The van der Waals surface area contributed by atoms with Gasteiger partial charge in [0.05, 0.1) is 0 Å². The fourth-order valence-corrected chi connectivity index (χ4v) is 1.13. The highest BCUT2D eigenvalue weighted by Gasteiger charge is 2.23. The van der Waals surface area contributed by atoms with Crippen LogP contribution in [0.15, 0.2) is 24.3 Å². The van der Waals surface area contributed by atoms with E-state index in [2.05, 4.69) is 10.9 Å². The summed E-state index contributed by atoms with van der Waals surface area (Å²) in [6.45, 7) is 0. The molecule has 2 rings (SSSR count). The lowest BCUT2D eigenvalue weighted by molar-refractivity contribution is 0.130. The van der Waals surface area contributed by atoms with Gasteiger partial charge in [-0.1, -0.05) is 12.1 Å².